The zero-order valence-electron chi connectivity index (χ0n) is 9.18. The van der Waals surface area contributed by atoms with Crippen LogP contribution in [0, 0.1) is 0 Å². The molecule has 0 radical (unpaired) electrons. The number of hydrogen-bond donors (Lipinski definition) is 2. The lowest BCUT2D eigenvalue weighted by Crippen LogP contribution is -2.23. The van der Waals surface area contributed by atoms with E-state index in [1.165, 1.54) is 0 Å². The second-order valence-corrected chi connectivity index (χ2v) is 3.87. The van der Waals surface area contributed by atoms with Gasteiger partial charge in [-0.2, -0.15) is 0 Å². The molecular weight excluding hydrogens is 206 g/mol. The van der Waals surface area contributed by atoms with Crippen LogP contribution >= 0.6 is 0 Å². The number of hydrogen-bond acceptors (Lipinski definition) is 4. The van der Waals surface area contributed by atoms with E-state index in [-0.39, 0.29) is 12.0 Å². The lowest BCUT2D eigenvalue weighted by atomic mass is 10.3. The number of aliphatic hydroxyl groups is 1. The number of carbonyl (C=O) groups excluding carboxylic acids is 1. The summed E-state index contributed by atoms with van der Waals surface area (Å²) in [6.45, 7) is 1.44. The third kappa shape index (κ3) is 2.14. The van der Waals surface area contributed by atoms with Crippen LogP contribution in [-0.4, -0.2) is 42.2 Å². The Kier molecular flexibility index (Phi) is 3.05. The first-order valence-electron chi connectivity index (χ1n) is 5.32. The second-order valence-electron chi connectivity index (χ2n) is 3.87. The van der Waals surface area contributed by atoms with Gasteiger partial charge in [-0.15, -0.1) is 0 Å². The van der Waals surface area contributed by atoms with E-state index in [0.717, 1.165) is 18.7 Å². The number of β-amino-alcohol motifs (C(OH)–C–C–N with tert-alkyl or cyclic N) is 1. The average Bonchev–Trinajstić information content (AvgIpc) is 2.75. The monoisotopic (exact) mass is 221 g/mol. The number of pyridine rings is 1. The number of aliphatic hydroxyl groups excluding tert-OH is 1. The molecule has 0 spiro atoms. The molecule has 1 aromatic heterocycles. The average molecular weight is 221 g/mol. The van der Waals surface area contributed by atoms with Crippen molar-refractivity contribution in [2.45, 2.75) is 12.5 Å². The van der Waals surface area contributed by atoms with E-state index >= 15 is 0 Å². The summed E-state index contributed by atoms with van der Waals surface area (Å²) in [6.07, 6.45) is 2.12. The number of carbonyl (C=O) groups is 1. The van der Waals surface area contributed by atoms with Crippen molar-refractivity contribution < 1.29 is 9.90 Å². The quantitative estimate of drug-likeness (QED) is 0.738. The van der Waals surface area contributed by atoms with E-state index in [4.69, 9.17) is 0 Å². The van der Waals surface area contributed by atoms with Crippen molar-refractivity contribution in [3.8, 4) is 0 Å². The van der Waals surface area contributed by atoms with Gasteiger partial charge in [0.15, 0.2) is 0 Å². The number of nitrogens with zero attached hydrogens (tertiary/aromatic N) is 2. The van der Waals surface area contributed by atoms with Crippen LogP contribution in [0.4, 0.5) is 5.69 Å². The maximum atomic E-state index is 11.4. The third-order valence-electron chi connectivity index (χ3n) is 2.73. The predicted molar refractivity (Wildman–Crippen MR) is 60.5 cm³/mol. The van der Waals surface area contributed by atoms with E-state index in [1.807, 2.05) is 6.07 Å². The Hall–Kier alpha value is -1.62. The van der Waals surface area contributed by atoms with E-state index in [0.29, 0.717) is 12.2 Å². The summed E-state index contributed by atoms with van der Waals surface area (Å²) in [5.74, 6) is -0.193. The highest BCUT2D eigenvalue weighted by atomic mass is 16.3. The van der Waals surface area contributed by atoms with Crippen molar-refractivity contribution in [3.05, 3.63) is 24.0 Å². The fraction of sp³-hybridized carbons (Fsp3) is 0.455. The van der Waals surface area contributed by atoms with Crippen LogP contribution < -0.4 is 10.2 Å². The van der Waals surface area contributed by atoms with Crippen LogP contribution in [0.1, 0.15) is 16.9 Å². The molecule has 2 heterocycles. The number of nitrogens with one attached hydrogen (secondary N) is 1. The van der Waals surface area contributed by atoms with Crippen molar-refractivity contribution >= 4 is 11.6 Å². The van der Waals surface area contributed by atoms with Crippen LogP contribution in [-0.2, 0) is 0 Å². The van der Waals surface area contributed by atoms with Crippen molar-refractivity contribution in [2.75, 3.05) is 25.0 Å². The van der Waals surface area contributed by atoms with Gasteiger partial charge in [0.25, 0.3) is 5.91 Å². The Morgan fingerprint density at radius 1 is 1.69 bits per heavy atom. The molecule has 0 bridgehead atoms. The molecule has 2 rings (SSSR count). The van der Waals surface area contributed by atoms with E-state index in [1.54, 1.807) is 19.3 Å². The number of anilines is 1. The standard InChI is InChI=1S/C11H15N3O2/c1-12-11(16)10-6-8(2-4-13-10)14-5-3-9(15)7-14/h2,4,6,9,15H,3,5,7H2,1H3,(H,12,16)/t9-/m1/s1. The zero-order valence-corrected chi connectivity index (χ0v) is 9.18. The summed E-state index contributed by atoms with van der Waals surface area (Å²) < 4.78 is 0. The highest BCUT2D eigenvalue weighted by Gasteiger charge is 2.21. The van der Waals surface area contributed by atoms with E-state index in [2.05, 4.69) is 15.2 Å². The lowest BCUT2D eigenvalue weighted by molar-refractivity contribution is 0.0958. The molecule has 1 amide bonds. The van der Waals surface area contributed by atoms with Gasteiger partial charge < -0.3 is 15.3 Å². The summed E-state index contributed by atoms with van der Waals surface area (Å²) in [4.78, 5) is 17.5. The molecule has 0 saturated carbocycles. The van der Waals surface area contributed by atoms with Crippen LogP contribution in [0.3, 0.4) is 0 Å². The molecule has 1 atom stereocenters. The molecule has 1 aliphatic rings. The zero-order chi connectivity index (χ0) is 11.5. The fourth-order valence-corrected chi connectivity index (χ4v) is 1.84. The molecule has 0 aromatic carbocycles. The summed E-state index contributed by atoms with van der Waals surface area (Å²) in [5, 5.41) is 12.0. The lowest BCUT2D eigenvalue weighted by Gasteiger charge is -2.17. The molecule has 0 unspecified atom stereocenters. The van der Waals surface area contributed by atoms with Crippen LogP contribution in [0.2, 0.25) is 0 Å². The predicted octanol–water partition coefficient (Wildman–Crippen LogP) is 0.0122. The van der Waals surface area contributed by atoms with Crippen molar-refractivity contribution in [1.82, 2.24) is 10.3 Å². The molecule has 1 aliphatic heterocycles. The number of aromatic nitrogens is 1. The van der Waals surface area contributed by atoms with Crippen molar-refractivity contribution in [1.29, 1.82) is 0 Å². The van der Waals surface area contributed by atoms with Crippen LogP contribution in [0.25, 0.3) is 0 Å². The summed E-state index contributed by atoms with van der Waals surface area (Å²) in [5.41, 5.74) is 1.34. The Balaban J connectivity index is 2.19. The molecule has 1 aromatic rings. The minimum Gasteiger partial charge on any atom is -0.391 e. The minimum absolute atomic E-state index is 0.193. The van der Waals surface area contributed by atoms with Gasteiger partial charge in [-0.05, 0) is 18.6 Å². The van der Waals surface area contributed by atoms with E-state index in [9.17, 15) is 9.90 Å². The van der Waals surface area contributed by atoms with Gasteiger partial charge in [-0.25, -0.2) is 0 Å². The minimum atomic E-state index is -0.267. The molecule has 5 nitrogen and oxygen atoms in total. The molecule has 86 valence electrons. The van der Waals surface area contributed by atoms with Gasteiger partial charge in [0.2, 0.25) is 0 Å². The molecule has 1 saturated heterocycles. The topological polar surface area (TPSA) is 65.5 Å². The Morgan fingerprint density at radius 3 is 3.12 bits per heavy atom. The maximum Gasteiger partial charge on any atom is 0.269 e. The van der Waals surface area contributed by atoms with Gasteiger partial charge in [0, 0.05) is 32.0 Å². The normalized spacial score (nSPS) is 19.9. The SMILES string of the molecule is CNC(=O)c1cc(N2CC[C@@H](O)C2)ccn1. The molecule has 16 heavy (non-hydrogen) atoms. The van der Waals surface area contributed by atoms with Crippen LogP contribution in [0.15, 0.2) is 18.3 Å². The molecular formula is C11H15N3O2. The summed E-state index contributed by atoms with van der Waals surface area (Å²) in [6, 6.07) is 3.60. The van der Waals surface area contributed by atoms with Gasteiger partial charge >= 0.3 is 0 Å². The highest BCUT2D eigenvalue weighted by molar-refractivity contribution is 5.92. The summed E-state index contributed by atoms with van der Waals surface area (Å²) in [7, 11) is 1.58. The van der Waals surface area contributed by atoms with E-state index < -0.39 is 0 Å². The second kappa shape index (κ2) is 4.49. The fourth-order valence-electron chi connectivity index (χ4n) is 1.84. The maximum absolute atomic E-state index is 11.4. The largest absolute Gasteiger partial charge is 0.391 e. The van der Waals surface area contributed by atoms with Gasteiger partial charge in [-0.3, -0.25) is 9.78 Å². The first kappa shape index (κ1) is 10.9. The van der Waals surface area contributed by atoms with Gasteiger partial charge in [0.05, 0.1) is 6.10 Å². The molecule has 0 aliphatic carbocycles. The first-order valence-corrected chi connectivity index (χ1v) is 5.32. The summed E-state index contributed by atoms with van der Waals surface area (Å²) >= 11 is 0. The van der Waals surface area contributed by atoms with Gasteiger partial charge in [-0.1, -0.05) is 0 Å². The molecule has 2 N–H and O–H groups in total. The van der Waals surface area contributed by atoms with Crippen molar-refractivity contribution in [2.24, 2.45) is 0 Å². The molecule has 5 heteroatoms. The highest BCUT2D eigenvalue weighted by Crippen LogP contribution is 2.20. The Morgan fingerprint density at radius 2 is 2.50 bits per heavy atom. The Bertz CT molecular complexity index is 395. The number of amides is 1. The van der Waals surface area contributed by atoms with Crippen LogP contribution in [0.5, 0.6) is 0 Å². The van der Waals surface area contributed by atoms with Crippen molar-refractivity contribution in [3.63, 3.8) is 0 Å². The molecule has 1 fully saturated rings. The smallest absolute Gasteiger partial charge is 0.269 e. The number of rotatable bonds is 2. The first-order chi connectivity index (χ1) is 7.70. The van der Waals surface area contributed by atoms with Gasteiger partial charge in [0.1, 0.15) is 5.69 Å². The third-order valence-corrected chi connectivity index (χ3v) is 2.73. The Labute approximate surface area is 94.1 Å².